The fraction of sp³-hybridized carbons (Fsp3) is 0.192. The van der Waals surface area contributed by atoms with Crippen LogP contribution >= 0.6 is 12.2 Å². The maximum atomic E-state index is 12.4. The number of ether oxygens (including phenoxy) is 1. The lowest BCUT2D eigenvalue weighted by Gasteiger charge is -2.12. The van der Waals surface area contributed by atoms with Gasteiger partial charge >= 0.3 is 0 Å². The zero-order valence-electron chi connectivity index (χ0n) is 18.8. The number of amides is 2. The molecule has 0 unspecified atom stereocenters. The minimum absolute atomic E-state index is 0.177. The van der Waals surface area contributed by atoms with Crippen LogP contribution in [-0.4, -0.2) is 23.5 Å². The van der Waals surface area contributed by atoms with Gasteiger partial charge < -0.3 is 15.4 Å². The van der Waals surface area contributed by atoms with Crippen molar-refractivity contribution in [1.82, 2.24) is 5.32 Å². The number of thiocarbonyl (C=S) groups is 1. The van der Waals surface area contributed by atoms with Crippen molar-refractivity contribution in [2.24, 2.45) is 5.92 Å². The molecule has 3 rings (SSSR count). The molecular formula is C26H27N3O3S. The van der Waals surface area contributed by atoms with Crippen LogP contribution in [0.3, 0.4) is 0 Å². The molecule has 6 nitrogen and oxygen atoms in total. The third-order valence-corrected chi connectivity index (χ3v) is 4.81. The molecule has 0 bridgehead atoms. The minimum Gasteiger partial charge on any atom is -0.493 e. The number of carbonyl (C=O) groups is 2. The highest BCUT2D eigenvalue weighted by atomic mass is 32.1. The quantitative estimate of drug-likeness (QED) is 0.410. The minimum atomic E-state index is -0.315. The zero-order chi connectivity index (χ0) is 23.8. The van der Waals surface area contributed by atoms with Crippen LogP contribution in [-0.2, 0) is 0 Å². The lowest BCUT2D eigenvalue weighted by molar-refractivity contribution is 0.0976. The Balaban J connectivity index is 1.51. The number of benzene rings is 3. The highest BCUT2D eigenvalue weighted by Crippen LogP contribution is 2.16. The molecule has 0 atom stereocenters. The Hall–Kier alpha value is -3.71. The van der Waals surface area contributed by atoms with Gasteiger partial charge in [0.05, 0.1) is 6.61 Å². The molecule has 0 spiro atoms. The Labute approximate surface area is 199 Å². The van der Waals surface area contributed by atoms with Crippen LogP contribution in [0.5, 0.6) is 5.75 Å². The van der Waals surface area contributed by atoms with E-state index in [0.29, 0.717) is 35.0 Å². The monoisotopic (exact) mass is 461 g/mol. The van der Waals surface area contributed by atoms with Gasteiger partial charge in [-0.1, -0.05) is 31.5 Å². The summed E-state index contributed by atoms with van der Waals surface area (Å²) < 4.78 is 5.63. The van der Waals surface area contributed by atoms with Crippen molar-refractivity contribution in [3.05, 3.63) is 89.5 Å². The van der Waals surface area contributed by atoms with E-state index in [4.69, 9.17) is 17.0 Å². The average molecular weight is 462 g/mol. The summed E-state index contributed by atoms with van der Waals surface area (Å²) >= 11 is 5.25. The first-order valence-electron chi connectivity index (χ1n) is 10.6. The maximum Gasteiger partial charge on any atom is 0.257 e. The van der Waals surface area contributed by atoms with E-state index in [1.54, 1.807) is 54.6 Å². The first kappa shape index (κ1) is 23.9. The molecular weight excluding hydrogens is 434 g/mol. The van der Waals surface area contributed by atoms with Crippen molar-refractivity contribution < 1.29 is 14.3 Å². The summed E-state index contributed by atoms with van der Waals surface area (Å²) in [6, 6.07) is 21.4. The summed E-state index contributed by atoms with van der Waals surface area (Å²) in [7, 11) is 0. The first-order valence-corrected chi connectivity index (χ1v) is 11.0. The normalized spacial score (nSPS) is 10.4. The standard InChI is InChI=1S/C26H27N3O3S/c1-17(2)16-32-23-13-7-19(8-14-23)24(30)29-26(33)28-22-11-9-21(10-12-22)27-25(31)20-6-4-5-18(3)15-20/h4-15,17H,16H2,1-3H3,(H,27,31)(H2,28,29,30,33). The van der Waals surface area contributed by atoms with Crippen molar-refractivity contribution in [1.29, 1.82) is 0 Å². The molecule has 0 aliphatic heterocycles. The molecule has 0 aromatic heterocycles. The molecule has 0 saturated carbocycles. The number of nitrogens with one attached hydrogen (secondary N) is 3. The zero-order valence-corrected chi connectivity index (χ0v) is 19.7. The van der Waals surface area contributed by atoms with Gasteiger partial charge in [-0.05, 0) is 85.7 Å². The van der Waals surface area contributed by atoms with Gasteiger partial charge in [-0.25, -0.2) is 0 Å². The molecule has 0 radical (unpaired) electrons. The molecule has 7 heteroatoms. The number of carbonyl (C=O) groups excluding carboxylic acids is 2. The fourth-order valence-electron chi connectivity index (χ4n) is 2.93. The third-order valence-electron chi connectivity index (χ3n) is 4.61. The van der Waals surface area contributed by atoms with Gasteiger partial charge in [0.15, 0.2) is 5.11 Å². The molecule has 33 heavy (non-hydrogen) atoms. The predicted octanol–water partition coefficient (Wildman–Crippen LogP) is 5.41. The molecule has 170 valence electrons. The molecule has 3 N–H and O–H groups in total. The second-order valence-corrected chi connectivity index (χ2v) is 8.45. The highest BCUT2D eigenvalue weighted by Gasteiger charge is 2.10. The summed E-state index contributed by atoms with van der Waals surface area (Å²) in [6.45, 7) is 6.71. The second-order valence-electron chi connectivity index (χ2n) is 8.04. The van der Waals surface area contributed by atoms with Crippen LogP contribution in [0.15, 0.2) is 72.8 Å². The van der Waals surface area contributed by atoms with Crippen LogP contribution < -0.4 is 20.7 Å². The van der Waals surface area contributed by atoms with Crippen LogP contribution in [0.25, 0.3) is 0 Å². The van der Waals surface area contributed by atoms with Crippen LogP contribution in [0, 0.1) is 12.8 Å². The summed E-state index contributed by atoms with van der Waals surface area (Å²) in [5.74, 6) is 0.651. The summed E-state index contributed by atoms with van der Waals surface area (Å²) in [6.07, 6.45) is 0. The van der Waals surface area contributed by atoms with Crippen molar-refractivity contribution in [2.45, 2.75) is 20.8 Å². The third kappa shape index (κ3) is 7.43. The van der Waals surface area contributed by atoms with E-state index < -0.39 is 0 Å². The van der Waals surface area contributed by atoms with Gasteiger partial charge in [-0.15, -0.1) is 0 Å². The van der Waals surface area contributed by atoms with Crippen molar-refractivity contribution in [3.8, 4) is 5.75 Å². The number of rotatable bonds is 7. The lowest BCUT2D eigenvalue weighted by Crippen LogP contribution is -2.34. The Morgan fingerprint density at radius 1 is 0.848 bits per heavy atom. The van der Waals surface area contributed by atoms with Gasteiger partial charge in [-0.2, -0.15) is 0 Å². The van der Waals surface area contributed by atoms with E-state index >= 15 is 0 Å². The Bertz CT molecular complexity index is 1130. The van der Waals surface area contributed by atoms with E-state index in [0.717, 1.165) is 11.3 Å². The van der Waals surface area contributed by atoms with Crippen LogP contribution in [0.1, 0.15) is 40.1 Å². The van der Waals surface area contributed by atoms with Gasteiger partial charge in [0, 0.05) is 22.5 Å². The Kier molecular flexibility index (Phi) is 8.16. The fourth-order valence-corrected chi connectivity index (χ4v) is 3.14. The second kappa shape index (κ2) is 11.2. The molecule has 2 amide bonds. The molecule has 0 aliphatic carbocycles. The van der Waals surface area contributed by atoms with Crippen molar-refractivity contribution in [2.75, 3.05) is 17.2 Å². The van der Waals surface area contributed by atoms with Gasteiger partial charge in [0.2, 0.25) is 0 Å². The Morgan fingerprint density at radius 3 is 2.09 bits per heavy atom. The van der Waals surface area contributed by atoms with E-state index in [9.17, 15) is 9.59 Å². The van der Waals surface area contributed by atoms with Gasteiger partial charge in [0.1, 0.15) is 5.75 Å². The molecule has 0 aliphatic rings. The van der Waals surface area contributed by atoms with E-state index in [1.165, 1.54) is 0 Å². The topological polar surface area (TPSA) is 79.5 Å². The van der Waals surface area contributed by atoms with Gasteiger partial charge in [0.25, 0.3) is 11.8 Å². The number of hydrogen-bond acceptors (Lipinski definition) is 4. The summed E-state index contributed by atoms with van der Waals surface area (Å²) in [4.78, 5) is 24.8. The molecule has 0 fully saturated rings. The number of hydrogen-bond donors (Lipinski definition) is 3. The van der Waals surface area contributed by atoms with Crippen LogP contribution in [0.2, 0.25) is 0 Å². The highest BCUT2D eigenvalue weighted by molar-refractivity contribution is 7.80. The first-order chi connectivity index (χ1) is 15.8. The number of anilines is 2. The molecule has 3 aromatic rings. The molecule has 0 saturated heterocycles. The summed E-state index contributed by atoms with van der Waals surface area (Å²) in [5, 5.41) is 8.66. The van der Waals surface area contributed by atoms with Crippen molar-refractivity contribution >= 4 is 40.5 Å². The smallest absolute Gasteiger partial charge is 0.257 e. The van der Waals surface area contributed by atoms with E-state index in [-0.39, 0.29) is 16.9 Å². The van der Waals surface area contributed by atoms with E-state index in [2.05, 4.69) is 29.8 Å². The molecule has 0 heterocycles. The summed E-state index contributed by atoms with van der Waals surface area (Å²) in [5.41, 5.74) is 3.44. The SMILES string of the molecule is Cc1cccc(C(=O)Nc2ccc(NC(=S)NC(=O)c3ccc(OCC(C)C)cc3)cc2)c1. The maximum absolute atomic E-state index is 12.4. The Morgan fingerprint density at radius 2 is 1.48 bits per heavy atom. The largest absolute Gasteiger partial charge is 0.493 e. The lowest BCUT2D eigenvalue weighted by atomic mass is 10.1. The van der Waals surface area contributed by atoms with E-state index in [1.807, 2.05) is 25.1 Å². The molecule has 3 aromatic carbocycles. The predicted molar refractivity (Wildman–Crippen MR) is 136 cm³/mol. The van der Waals surface area contributed by atoms with Crippen LogP contribution in [0.4, 0.5) is 11.4 Å². The van der Waals surface area contributed by atoms with Gasteiger partial charge in [-0.3, -0.25) is 14.9 Å². The number of aryl methyl sites for hydroxylation is 1. The van der Waals surface area contributed by atoms with Crippen molar-refractivity contribution in [3.63, 3.8) is 0 Å². The average Bonchev–Trinajstić information content (AvgIpc) is 2.79.